The van der Waals surface area contributed by atoms with Gasteiger partial charge in [-0.2, -0.15) is 0 Å². The summed E-state index contributed by atoms with van der Waals surface area (Å²) in [5.74, 6) is 1.64. The first-order chi connectivity index (χ1) is 14.2. The molecule has 2 aliphatic heterocycles. The second-order valence-corrected chi connectivity index (χ2v) is 7.45. The standard InChI is InChI=1S/C23H28N2O4/c1-27-20-14-18-8-9-25(16-19(18)15-21(20)28-2)22(17-6-4-3-5-7-17)23(26)24-10-12-29-13-11-24/h3-7,14-15,22H,8-13,16H2,1-2H3/t22-/m1/s1. The van der Waals surface area contributed by atoms with Crippen molar-refractivity contribution in [3.8, 4) is 11.5 Å². The van der Waals surface area contributed by atoms with Gasteiger partial charge in [0.25, 0.3) is 0 Å². The topological polar surface area (TPSA) is 51.2 Å². The maximum atomic E-state index is 13.5. The van der Waals surface area contributed by atoms with E-state index in [1.807, 2.05) is 41.3 Å². The lowest BCUT2D eigenvalue weighted by Crippen LogP contribution is -2.48. The Hall–Kier alpha value is -2.57. The number of hydrogen-bond acceptors (Lipinski definition) is 5. The minimum Gasteiger partial charge on any atom is -0.493 e. The molecular formula is C23H28N2O4. The summed E-state index contributed by atoms with van der Waals surface area (Å²) in [6.07, 6.45) is 0.870. The van der Waals surface area contributed by atoms with Crippen LogP contribution in [0.4, 0.5) is 0 Å². The van der Waals surface area contributed by atoms with Crippen LogP contribution in [0, 0.1) is 0 Å². The van der Waals surface area contributed by atoms with Crippen LogP contribution in [0.3, 0.4) is 0 Å². The SMILES string of the molecule is COc1cc2c(cc1OC)CN([C@@H](C(=O)N1CCOCC1)c1ccccc1)CC2. The number of amides is 1. The maximum absolute atomic E-state index is 13.5. The molecule has 1 atom stereocenters. The van der Waals surface area contributed by atoms with Crippen molar-refractivity contribution in [1.82, 2.24) is 9.80 Å². The molecule has 1 saturated heterocycles. The lowest BCUT2D eigenvalue weighted by atomic mass is 9.95. The zero-order chi connectivity index (χ0) is 20.2. The molecule has 0 unspecified atom stereocenters. The lowest BCUT2D eigenvalue weighted by Gasteiger charge is -2.38. The Balaban J connectivity index is 1.64. The molecule has 2 aromatic rings. The first-order valence-electron chi connectivity index (χ1n) is 10.1. The van der Waals surface area contributed by atoms with Gasteiger partial charge in [0.2, 0.25) is 5.91 Å². The molecule has 6 nitrogen and oxygen atoms in total. The van der Waals surface area contributed by atoms with Crippen LogP contribution in [-0.4, -0.2) is 62.8 Å². The normalized spacial score (nSPS) is 18.1. The van der Waals surface area contributed by atoms with Gasteiger partial charge in [0.1, 0.15) is 6.04 Å². The number of methoxy groups -OCH3 is 2. The molecule has 0 N–H and O–H groups in total. The van der Waals surface area contributed by atoms with Crippen molar-refractivity contribution in [2.75, 3.05) is 47.1 Å². The smallest absolute Gasteiger partial charge is 0.244 e. The van der Waals surface area contributed by atoms with E-state index in [2.05, 4.69) is 11.0 Å². The molecule has 6 heteroatoms. The predicted octanol–water partition coefficient (Wildman–Crippen LogP) is 2.66. The molecule has 0 radical (unpaired) electrons. The molecule has 1 fully saturated rings. The summed E-state index contributed by atoms with van der Waals surface area (Å²) >= 11 is 0. The molecule has 1 amide bonds. The minimum absolute atomic E-state index is 0.156. The largest absolute Gasteiger partial charge is 0.493 e. The third-order valence-electron chi connectivity index (χ3n) is 5.78. The van der Waals surface area contributed by atoms with Crippen molar-refractivity contribution in [3.05, 3.63) is 59.2 Å². The number of carbonyl (C=O) groups is 1. The van der Waals surface area contributed by atoms with Gasteiger partial charge in [-0.15, -0.1) is 0 Å². The number of nitrogens with zero attached hydrogens (tertiary/aromatic N) is 2. The van der Waals surface area contributed by atoms with Gasteiger partial charge in [0.15, 0.2) is 11.5 Å². The summed E-state index contributed by atoms with van der Waals surface area (Å²) in [7, 11) is 3.31. The van der Waals surface area contributed by atoms with Gasteiger partial charge in [-0.1, -0.05) is 30.3 Å². The zero-order valence-corrected chi connectivity index (χ0v) is 17.1. The van der Waals surface area contributed by atoms with E-state index in [1.54, 1.807) is 14.2 Å². The van der Waals surface area contributed by atoms with E-state index in [0.717, 1.165) is 30.0 Å². The van der Waals surface area contributed by atoms with Crippen molar-refractivity contribution >= 4 is 5.91 Å². The van der Waals surface area contributed by atoms with Crippen LogP contribution in [0.25, 0.3) is 0 Å². The molecule has 0 aliphatic carbocycles. The summed E-state index contributed by atoms with van der Waals surface area (Å²) in [5, 5.41) is 0. The average molecular weight is 396 g/mol. The van der Waals surface area contributed by atoms with Crippen LogP contribution >= 0.6 is 0 Å². The first-order valence-corrected chi connectivity index (χ1v) is 10.1. The van der Waals surface area contributed by atoms with Gasteiger partial charge < -0.3 is 19.1 Å². The van der Waals surface area contributed by atoms with E-state index < -0.39 is 0 Å². The molecule has 0 spiro atoms. The van der Waals surface area contributed by atoms with Crippen LogP contribution in [0.1, 0.15) is 22.7 Å². The Kier molecular flexibility index (Phi) is 6.02. The van der Waals surface area contributed by atoms with Crippen LogP contribution in [0.5, 0.6) is 11.5 Å². The second-order valence-electron chi connectivity index (χ2n) is 7.45. The third-order valence-corrected chi connectivity index (χ3v) is 5.78. The summed E-state index contributed by atoms with van der Waals surface area (Å²) in [4.78, 5) is 17.7. The number of ether oxygens (including phenoxy) is 3. The summed E-state index contributed by atoms with van der Waals surface area (Å²) < 4.78 is 16.4. The van der Waals surface area contributed by atoms with E-state index in [4.69, 9.17) is 14.2 Å². The molecule has 0 aromatic heterocycles. The number of carbonyl (C=O) groups excluding carboxylic acids is 1. The van der Waals surface area contributed by atoms with Crippen molar-refractivity contribution in [3.63, 3.8) is 0 Å². The minimum atomic E-state index is -0.296. The van der Waals surface area contributed by atoms with Crippen LogP contribution in [0.15, 0.2) is 42.5 Å². The van der Waals surface area contributed by atoms with E-state index in [1.165, 1.54) is 11.1 Å². The highest BCUT2D eigenvalue weighted by Crippen LogP contribution is 2.36. The molecule has 2 aliphatic rings. The van der Waals surface area contributed by atoms with Crippen LogP contribution < -0.4 is 9.47 Å². The van der Waals surface area contributed by atoms with E-state index in [0.29, 0.717) is 32.8 Å². The Morgan fingerprint density at radius 2 is 1.62 bits per heavy atom. The van der Waals surface area contributed by atoms with Crippen molar-refractivity contribution in [2.45, 2.75) is 19.0 Å². The number of hydrogen-bond donors (Lipinski definition) is 0. The molecule has 2 aromatic carbocycles. The number of fused-ring (bicyclic) bond motifs is 1. The fourth-order valence-corrected chi connectivity index (χ4v) is 4.23. The lowest BCUT2D eigenvalue weighted by molar-refractivity contribution is -0.141. The van der Waals surface area contributed by atoms with Gasteiger partial charge in [-0.3, -0.25) is 9.69 Å². The average Bonchev–Trinajstić information content (AvgIpc) is 2.79. The molecular weight excluding hydrogens is 368 g/mol. The molecule has 0 bridgehead atoms. The Labute approximate surface area is 172 Å². The van der Waals surface area contributed by atoms with Gasteiger partial charge in [0, 0.05) is 26.2 Å². The number of benzene rings is 2. The number of morpholine rings is 1. The highest BCUT2D eigenvalue weighted by molar-refractivity contribution is 5.83. The first kappa shape index (κ1) is 19.7. The fourth-order valence-electron chi connectivity index (χ4n) is 4.23. The van der Waals surface area contributed by atoms with Gasteiger partial charge in [-0.25, -0.2) is 0 Å². The Morgan fingerprint density at radius 3 is 2.28 bits per heavy atom. The van der Waals surface area contributed by atoms with E-state index >= 15 is 0 Å². The molecule has 0 saturated carbocycles. The van der Waals surface area contributed by atoms with Crippen molar-refractivity contribution in [1.29, 1.82) is 0 Å². The van der Waals surface area contributed by atoms with Gasteiger partial charge in [0.05, 0.1) is 27.4 Å². The zero-order valence-electron chi connectivity index (χ0n) is 17.1. The van der Waals surface area contributed by atoms with Crippen molar-refractivity contribution in [2.24, 2.45) is 0 Å². The molecule has 4 rings (SSSR count). The summed E-state index contributed by atoms with van der Waals surface area (Å²) in [6, 6.07) is 13.9. The molecule has 2 heterocycles. The second kappa shape index (κ2) is 8.84. The Bertz CT molecular complexity index is 849. The highest BCUT2D eigenvalue weighted by atomic mass is 16.5. The summed E-state index contributed by atoms with van der Waals surface area (Å²) in [6.45, 7) is 4.03. The number of rotatable bonds is 5. The van der Waals surface area contributed by atoms with Crippen molar-refractivity contribution < 1.29 is 19.0 Å². The Morgan fingerprint density at radius 1 is 0.966 bits per heavy atom. The maximum Gasteiger partial charge on any atom is 0.244 e. The van der Waals surface area contributed by atoms with Crippen LogP contribution in [-0.2, 0) is 22.5 Å². The monoisotopic (exact) mass is 396 g/mol. The third kappa shape index (κ3) is 4.09. The van der Waals surface area contributed by atoms with Gasteiger partial charge >= 0.3 is 0 Å². The quantitative estimate of drug-likeness (QED) is 0.778. The predicted molar refractivity (Wildman–Crippen MR) is 110 cm³/mol. The summed E-state index contributed by atoms with van der Waals surface area (Å²) in [5.41, 5.74) is 3.47. The molecule has 29 heavy (non-hydrogen) atoms. The van der Waals surface area contributed by atoms with Gasteiger partial charge in [-0.05, 0) is 35.2 Å². The fraction of sp³-hybridized carbons (Fsp3) is 0.435. The van der Waals surface area contributed by atoms with Crippen LogP contribution in [0.2, 0.25) is 0 Å². The molecule has 154 valence electrons. The highest BCUT2D eigenvalue weighted by Gasteiger charge is 2.34. The van der Waals surface area contributed by atoms with E-state index in [-0.39, 0.29) is 11.9 Å². The van der Waals surface area contributed by atoms with E-state index in [9.17, 15) is 4.79 Å².